The molecule has 0 bridgehead atoms. The Bertz CT molecular complexity index is 483. The highest BCUT2D eigenvalue weighted by atomic mass is 28.3. The van der Waals surface area contributed by atoms with Crippen LogP contribution in [0.1, 0.15) is 13.8 Å². The SMILES string of the molecule is CC(C)=C[Si](C)(c1ccccc1)c1ccccc1. The van der Waals surface area contributed by atoms with Crippen molar-refractivity contribution >= 4 is 18.4 Å². The Labute approximate surface area is 111 Å². The molecule has 2 rings (SSSR count). The molecule has 0 saturated carbocycles. The van der Waals surface area contributed by atoms with Crippen LogP contribution in [0.2, 0.25) is 6.55 Å². The van der Waals surface area contributed by atoms with E-state index in [0.717, 1.165) is 0 Å². The highest BCUT2D eigenvalue weighted by Crippen LogP contribution is 2.09. The molecule has 92 valence electrons. The average Bonchev–Trinajstić information content (AvgIpc) is 2.40. The molecular weight excluding hydrogens is 232 g/mol. The lowest BCUT2D eigenvalue weighted by molar-refractivity contribution is 1.40. The van der Waals surface area contributed by atoms with Gasteiger partial charge in [-0.15, -0.1) is 0 Å². The minimum atomic E-state index is -1.73. The second-order valence-corrected chi connectivity index (χ2v) is 9.00. The first-order chi connectivity index (χ1) is 8.63. The lowest BCUT2D eigenvalue weighted by Gasteiger charge is -2.25. The van der Waals surface area contributed by atoms with Crippen LogP contribution in [0.25, 0.3) is 0 Å². The molecule has 0 aromatic heterocycles. The fraction of sp³-hybridized carbons (Fsp3) is 0.176. The predicted molar refractivity (Wildman–Crippen MR) is 83.2 cm³/mol. The largest absolute Gasteiger partial charge is 0.138 e. The normalized spacial score (nSPS) is 11.1. The lowest BCUT2D eigenvalue weighted by atomic mass is 10.4. The van der Waals surface area contributed by atoms with Gasteiger partial charge in [-0.25, -0.2) is 0 Å². The molecule has 0 spiro atoms. The molecule has 18 heavy (non-hydrogen) atoms. The molecule has 0 aliphatic carbocycles. The maximum atomic E-state index is 2.48. The van der Waals surface area contributed by atoms with Gasteiger partial charge in [-0.1, -0.05) is 88.9 Å². The summed E-state index contributed by atoms with van der Waals surface area (Å²) in [5, 5.41) is 2.94. The van der Waals surface area contributed by atoms with Gasteiger partial charge < -0.3 is 0 Å². The minimum Gasteiger partial charge on any atom is -0.0874 e. The van der Waals surface area contributed by atoms with Crippen molar-refractivity contribution in [2.24, 2.45) is 0 Å². The summed E-state index contributed by atoms with van der Waals surface area (Å²) in [6.07, 6.45) is 0. The fourth-order valence-electron chi connectivity index (χ4n) is 2.48. The van der Waals surface area contributed by atoms with E-state index in [-0.39, 0.29) is 0 Å². The summed E-state index contributed by atoms with van der Waals surface area (Å²) in [6.45, 7) is 6.80. The Hall–Kier alpha value is -1.60. The van der Waals surface area contributed by atoms with Crippen molar-refractivity contribution in [1.29, 1.82) is 0 Å². The highest BCUT2D eigenvalue weighted by Gasteiger charge is 2.28. The summed E-state index contributed by atoms with van der Waals surface area (Å²) in [7, 11) is -1.73. The molecule has 0 heterocycles. The van der Waals surface area contributed by atoms with Crippen molar-refractivity contribution in [3.63, 3.8) is 0 Å². The van der Waals surface area contributed by atoms with Crippen LogP contribution in [-0.4, -0.2) is 8.07 Å². The van der Waals surface area contributed by atoms with Gasteiger partial charge in [-0.3, -0.25) is 0 Å². The smallest absolute Gasteiger partial charge is 0.0874 e. The van der Waals surface area contributed by atoms with Gasteiger partial charge in [-0.05, 0) is 13.8 Å². The van der Waals surface area contributed by atoms with Gasteiger partial charge in [0.15, 0.2) is 0 Å². The number of hydrogen-bond donors (Lipinski definition) is 0. The molecule has 0 saturated heterocycles. The number of benzene rings is 2. The van der Waals surface area contributed by atoms with E-state index in [9.17, 15) is 0 Å². The molecule has 1 heteroatoms. The molecular formula is C17H20Si. The second-order valence-electron chi connectivity index (χ2n) is 5.16. The molecule has 0 unspecified atom stereocenters. The molecule has 0 aliphatic heterocycles. The Balaban J connectivity index is 2.59. The van der Waals surface area contributed by atoms with Gasteiger partial charge in [0.2, 0.25) is 0 Å². The van der Waals surface area contributed by atoms with Crippen LogP contribution in [0, 0.1) is 0 Å². The van der Waals surface area contributed by atoms with Crippen LogP contribution < -0.4 is 10.4 Å². The summed E-state index contributed by atoms with van der Waals surface area (Å²) in [6, 6.07) is 21.8. The van der Waals surface area contributed by atoms with Gasteiger partial charge in [0.25, 0.3) is 0 Å². The molecule has 0 nitrogen and oxygen atoms in total. The average molecular weight is 252 g/mol. The quantitative estimate of drug-likeness (QED) is 0.735. The van der Waals surface area contributed by atoms with Crippen molar-refractivity contribution in [2.75, 3.05) is 0 Å². The molecule has 0 atom stereocenters. The first-order valence-corrected chi connectivity index (χ1v) is 8.98. The third-order valence-corrected chi connectivity index (χ3v) is 7.54. The lowest BCUT2D eigenvalue weighted by Crippen LogP contribution is -2.54. The Morgan fingerprint density at radius 2 is 1.17 bits per heavy atom. The van der Waals surface area contributed by atoms with E-state index < -0.39 is 8.07 Å². The standard InChI is InChI=1S/C17H20Si/c1-15(2)14-18(3,16-10-6-4-7-11-16)17-12-8-5-9-13-17/h4-14H,1-3H3. The van der Waals surface area contributed by atoms with Gasteiger partial charge in [0.1, 0.15) is 8.07 Å². The van der Waals surface area contributed by atoms with Crippen LogP contribution in [0.3, 0.4) is 0 Å². The molecule has 2 aromatic carbocycles. The Kier molecular flexibility index (Phi) is 3.83. The van der Waals surface area contributed by atoms with Gasteiger partial charge in [-0.2, -0.15) is 0 Å². The van der Waals surface area contributed by atoms with Gasteiger partial charge in [0, 0.05) is 0 Å². The molecule has 2 aromatic rings. The Morgan fingerprint density at radius 1 is 0.778 bits per heavy atom. The molecule has 0 amide bonds. The minimum absolute atomic E-state index is 1.40. The van der Waals surface area contributed by atoms with Crippen LogP contribution in [0.15, 0.2) is 71.9 Å². The van der Waals surface area contributed by atoms with E-state index in [1.165, 1.54) is 15.9 Å². The Morgan fingerprint density at radius 3 is 1.50 bits per heavy atom. The maximum absolute atomic E-state index is 2.48. The summed E-state index contributed by atoms with van der Waals surface area (Å²) in [5.41, 5.74) is 3.88. The molecule has 0 aliphatic rings. The summed E-state index contributed by atoms with van der Waals surface area (Å²) in [5.74, 6) is 0. The molecule has 0 N–H and O–H groups in total. The van der Waals surface area contributed by atoms with Gasteiger partial charge >= 0.3 is 0 Å². The van der Waals surface area contributed by atoms with E-state index >= 15 is 0 Å². The van der Waals surface area contributed by atoms with Crippen molar-refractivity contribution in [1.82, 2.24) is 0 Å². The second kappa shape index (κ2) is 5.36. The highest BCUT2D eigenvalue weighted by molar-refractivity contribution is 7.05. The van der Waals surface area contributed by atoms with E-state index in [4.69, 9.17) is 0 Å². The summed E-state index contributed by atoms with van der Waals surface area (Å²) >= 11 is 0. The summed E-state index contributed by atoms with van der Waals surface area (Å²) in [4.78, 5) is 0. The van der Waals surface area contributed by atoms with Crippen molar-refractivity contribution in [3.8, 4) is 0 Å². The van der Waals surface area contributed by atoms with Gasteiger partial charge in [0.05, 0.1) is 0 Å². The maximum Gasteiger partial charge on any atom is 0.138 e. The number of allylic oxidation sites excluding steroid dienone is 1. The monoisotopic (exact) mass is 252 g/mol. The van der Waals surface area contributed by atoms with E-state index in [1.54, 1.807) is 0 Å². The molecule has 0 radical (unpaired) electrons. The third kappa shape index (κ3) is 2.62. The van der Waals surface area contributed by atoms with E-state index in [0.29, 0.717) is 0 Å². The first kappa shape index (κ1) is 12.8. The zero-order chi connectivity index (χ0) is 13.0. The van der Waals surface area contributed by atoms with E-state index in [1.807, 2.05) is 0 Å². The van der Waals surface area contributed by atoms with Crippen molar-refractivity contribution in [2.45, 2.75) is 20.4 Å². The van der Waals surface area contributed by atoms with Crippen molar-refractivity contribution < 1.29 is 0 Å². The summed E-state index contributed by atoms with van der Waals surface area (Å²) < 4.78 is 0. The fourth-order valence-corrected chi connectivity index (χ4v) is 6.07. The van der Waals surface area contributed by atoms with Crippen LogP contribution in [0.4, 0.5) is 0 Å². The number of rotatable bonds is 3. The van der Waals surface area contributed by atoms with Crippen LogP contribution in [-0.2, 0) is 0 Å². The number of hydrogen-bond acceptors (Lipinski definition) is 0. The predicted octanol–water partition coefficient (Wildman–Crippen LogP) is 3.38. The molecule has 0 fully saturated rings. The third-order valence-electron chi connectivity index (χ3n) is 3.32. The zero-order valence-electron chi connectivity index (χ0n) is 11.4. The van der Waals surface area contributed by atoms with Crippen LogP contribution in [0.5, 0.6) is 0 Å². The van der Waals surface area contributed by atoms with Crippen molar-refractivity contribution in [3.05, 3.63) is 71.9 Å². The van der Waals surface area contributed by atoms with Crippen LogP contribution >= 0.6 is 0 Å². The first-order valence-electron chi connectivity index (χ1n) is 6.40. The van der Waals surface area contributed by atoms with E-state index in [2.05, 4.69) is 86.8 Å². The zero-order valence-corrected chi connectivity index (χ0v) is 12.4. The topological polar surface area (TPSA) is 0 Å².